The van der Waals surface area contributed by atoms with Gasteiger partial charge in [0.25, 0.3) is 0 Å². The average Bonchev–Trinajstić information content (AvgIpc) is 2.98. The molecule has 8 heteroatoms. The Morgan fingerprint density at radius 2 is 2.08 bits per heavy atom. The largest absolute Gasteiger partial charge is 0.494 e. The lowest BCUT2D eigenvalue weighted by Gasteiger charge is -2.33. The van der Waals surface area contributed by atoms with Gasteiger partial charge in [0.1, 0.15) is 5.75 Å². The molecule has 1 aromatic heterocycles. The Morgan fingerprint density at radius 3 is 2.80 bits per heavy atom. The smallest absolute Gasteiger partial charge is 0.240 e. The van der Waals surface area contributed by atoms with Crippen molar-refractivity contribution < 1.29 is 14.6 Å². The standard InChI is InChI=1S/C17H24N4O3S/c1-2-24-13-3-4-14-15(11-13)25-17(18-14)19-16(23)12-21-7-5-20(6-8-21)9-10-22/h3-4,11,22H,2,5-10,12H2,1H3,(H,18,19,23). The predicted molar refractivity (Wildman–Crippen MR) is 99.4 cm³/mol. The summed E-state index contributed by atoms with van der Waals surface area (Å²) in [5, 5.41) is 12.5. The highest BCUT2D eigenvalue weighted by atomic mass is 32.1. The molecule has 7 nitrogen and oxygen atoms in total. The number of anilines is 1. The second-order valence-corrected chi connectivity index (χ2v) is 7.00. The Kier molecular flexibility index (Phi) is 6.19. The van der Waals surface area contributed by atoms with Gasteiger partial charge in [-0.1, -0.05) is 11.3 Å². The molecule has 0 atom stereocenters. The van der Waals surface area contributed by atoms with E-state index in [2.05, 4.69) is 20.1 Å². The van der Waals surface area contributed by atoms with E-state index in [9.17, 15) is 4.79 Å². The second kappa shape index (κ2) is 8.57. The van der Waals surface area contributed by atoms with E-state index in [-0.39, 0.29) is 12.5 Å². The van der Waals surface area contributed by atoms with Crippen molar-refractivity contribution >= 4 is 32.6 Å². The minimum Gasteiger partial charge on any atom is -0.494 e. The van der Waals surface area contributed by atoms with Gasteiger partial charge in [0.05, 0.1) is 30.0 Å². The first-order valence-electron chi connectivity index (χ1n) is 8.56. The molecule has 0 saturated carbocycles. The quantitative estimate of drug-likeness (QED) is 0.770. The van der Waals surface area contributed by atoms with E-state index in [4.69, 9.17) is 9.84 Å². The number of thiazole rings is 1. The fourth-order valence-corrected chi connectivity index (χ4v) is 3.80. The molecule has 136 valence electrons. The van der Waals surface area contributed by atoms with Crippen molar-refractivity contribution in [1.29, 1.82) is 0 Å². The van der Waals surface area contributed by atoms with E-state index < -0.39 is 0 Å². The van der Waals surface area contributed by atoms with Crippen LogP contribution in [-0.2, 0) is 4.79 Å². The minimum atomic E-state index is -0.0419. The number of β-amino-alcohol motifs (C(OH)–C–C–N with tert-alkyl or cyclic N) is 1. The summed E-state index contributed by atoms with van der Waals surface area (Å²) in [5.74, 6) is 0.775. The number of aromatic nitrogens is 1. The van der Waals surface area contributed by atoms with Crippen LogP contribution in [0.1, 0.15) is 6.92 Å². The van der Waals surface area contributed by atoms with Crippen LogP contribution in [-0.4, -0.2) is 78.3 Å². The number of ether oxygens (including phenoxy) is 1. The summed E-state index contributed by atoms with van der Waals surface area (Å²) in [6.07, 6.45) is 0. The van der Waals surface area contributed by atoms with Gasteiger partial charge in [-0.25, -0.2) is 4.98 Å². The van der Waals surface area contributed by atoms with Crippen LogP contribution in [0.5, 0.6) is 5.75 Å². The van der Waals surface area contributed by atoms with E-state index >= 15 is 0 Å². The Labute approximate surface area is 151 Å². The van der Waals surface area contributed by atoms with E-state index in [1.165, 1.54) is 11.3 Å². The maximum Gasteiger partial charge on any atom is 0.240 e. The number of amides is 1. The molecule has 0 aliphatic carbocycles. The first-order chi connectivity index (χ1) is 12.2. The Hall–Kier alpha value is -1.74. The zero-order chi connectivity index (χ0) is 17.6. The number of aliphatic hydroxyl groups is 1. The number of rotatable bonds is 7. The third-order valence-electron chi connectivity index (χ3n) is 4.17. The van der Waals surface area contributed by atoms with Crippen molar-refractivity contribution in [3.8, 4) is 5.75 Å². The minimum absolute atomic E-state index is 0.0419. The van der Waals surface area contributed by atoms with Crippen molar-refractivity contribution in [2.24, 2.45) is 0 Å². The molecule has 1 aliphatic rings. The molecule has 2 aromatic rings. The van der Waals surface area contributed by atoms with Gasteiger partial charge >= 0.3 is 0 Å². The summed E-state index contributed by atoms with van der Waals surface area (Å²) in [6.45, 7) is 7.28. The molecular formula is C17H24N4O3S. The second-order valence-electron chi connectivity index (χ2n) is 5.97. The Morgan fingerprint density at radius 1 is 1.32 bits per heavy atom. The highest BCUT2D eigenvalue weighted by Crippen LogP contribution is 2.29. The van der Waals surface area contributed by atoms with Crippen LogP contribution >= 0.6 is 11.3 Å². The van der Waals surface area contributed by atoms with Crippen molar-refractivity contribution in [2.45, 2.75) is 6.92 Å². The van der Waals surface area contributed by atoms with Crippen molar-refractivity contribution in [3.63, 3.8) is 0 Å². The number of hydrogen-bond acceptors (Lipinski definition) is 7. The van der Waals surface area contributed by atoms with Crippen LogP contribution in [0.4, 0.5) is 5.13 Å². The lowest BCUT2D eigenvalue weighted by atomic mass is 10.3. The molecule has 1 fully saturated rings. The molecule has 0 radical (unpaired) electrons. The number of fused-ring (bicyclic) bond motifs is 1. The molecule has 0 spiro atoms. The molecule has 1 aliphatic heterocycles. The SMILES string of the molecule is CCOc1ccc2nc(NC(=O)CN3CCN(CCO)CC3)sc2c1. The highest BCUT2D eigenvalue weighted by Gasteiger charge is 2.19. The number of hydrogen-bond donors (Lipinski definition) is 2. The van der Waals surface area contributed by atoms with Gasteiger partial charge in [-0.15, -0.1) is 0 Å². The summed E-state index contributed by atoms with van der Waals surface area (Å²) >= 11 is 1.46. The molecule has 1 aromatic carbocycles. The van der Waals surface area contributed by atoms with Gasteiger partial charge in [0, 0.05) is 32.7 Å². The van der Waals surface area contributed by atoms with Gasteiger partial charge in [-0.2, -0.15) is 0 Å². The molecule has 0 unspecified atom stereocenters. The number of nitrogens with zero attached hydrogens (tertiary/aromatic N) is 3. The van der Waals surface area contributed by atoms with Crippen LogP contribution in [0, 0.1) is 0 Å². The first-order valence-corrected chi connectivity index (χ1v) is 9.38. The number of benzene rings is 1. The number of aliphatic hydroxyl groups excluding tert-OH is 1. The fourth-order valence-electron chi connectivity index (χ4n) is 2.89. The molecule has 1 amide bonds. The predicted octanol–water partition coefficient (Wildman–Crippen LogP) is 1.24. The van der Waals surface area contributed by atoms with Gasteiger partial charge in [-0.3, -0.25) is 14.6 Å². The third kappa shape index (κ3) is 4.88. The first kappa shape index (κ1) is 18.1. The zero-order valence-corrected chi connectivity index (χ0v) is 15.2. The number of carbonyl (C=O) groups excluding carboxylic acids is 1. The van der Waals surface area contributed by atoms with Crippen LogP contribution in [0.2, 0.25) is 0 Å². The summed E-state index contributed by atoms with van der Waals surface area (Å²) < 4.78 is 6.50. The van der Waals surface area contributed by atoms with Gasteiger partial charge in [-0.05, 0) is 25.1 Å². The average molecular weight is 364 g/mol. The van der Waals surface area contributed by atoms with E-state index in [0.29, 0.717) is 24.8 Å². The number of piperazine rings is 1. The van der Waals surface area contributed by atoms with Gasteiger partial charge in [0.15, 0.2) is 5.13 Å². The number of carbonyl (C=O) groups is 1. The highest BCUT2D eigenvalue weighted by molar-refractivity contribution is 7.22. The molecule has 2 N–H and O–H groups in total. The normalized spacial score (nSPS) is 16.2. The van der Waals surface area contributed by atoms with Gasteiger partial charge < -0.3 is 15.2 Å². The zero-order valence-electron chi connectivity index (χ0n) is 14.4. The molecule has 1 saturated heterocycles. The number of nitrogens with one attached hydrogen (secondary N) is 1. The molecule has 25 heavy (non-hydrogen) atoms. The van der Waals surface area contributed by atoms with Crippen LogP contribution in [0.3, 0.4) is 0 Å². The molecule has 3 rings (SSSR count). The lowest BCUT2D eigenvalue weighted by molar-refractivity contribution is -0.117. The van der Waals surface area contributed by atoms with Crippen LogP contribution in [0.15, 0.2) is 18.2 Å². The maximum absolute atomic E-state index is 12.3. The monoisotopic (exact) mass is 364 g/mol. The van der Waals surface area contributed by atoms with E-state index in [1.54, 1.807) is 0 Å². The lowest BCUT2D eigenvalue weighted by Crippen LogP contribution is -2.49. The topological polar surface area (TPSA) is 77.9 Å². The van der Waals surface area contributed by atoms with Crippen molar-refractivity contribution in [3.05, 3.63) is 18.2 Å². The summed E-state index contributed by atoms with van der Waals surface area (Å²) in [6, 6.07) is 5.75. The van der Waals surface area contributed by atoms with E-state index in [1.807, 2.05) is 25.1 Å². The molecular weight excluding hydrogens is 340 g/mol. The summed E-state index contributed by atoms with van der Waals surface area (Å²) in [5.41, 5.74) is 0.862. The maximum atomic E-state index is 12.3. The summed E-state index contributed by atoms with van der Waals surface area (Å²) in [4.78, 5) is 21.1. The van der Waals surface area contributed by atoms with Crippen molar-refractivity contribution in [1.82, 2.24) is 14.8 Å². The van der Waals surface area contributed by atoms with Crippen LogP contribution < -0.4 is 10.1 Å². The molecule has 0 bridgehead atoms. The van der Waals surface area contributed by atoms with Crippen molar-refractivity contribution in [2.75, 3.05) is 57.8 Å². The fraction of sp³-hybridized carbons (Fsp3) is 0.529. The Balaban J connectivity index is 1.53. The van der Waals surface area contributed by atoms with Gasteiger partial charge in [0.2, 0.25) is 5.91 Å². The summed E-state index contributed by atoms with van der Waals surface area (Å²) in [7, 11) is 0. The van der Waals surface area contributed by atoms with Crippen LogP contribution in [0.25, 0.3) is 10.2 Å². The Bertz CT molecular complexity index is 713. The third-order valence-corrected chi connectivity index (χ3v) is 5.10. The molecule has 2 heterocycles. The van der Waals surface area contributed by atoms with E-state index in [0.717, 1.165) is 42.1 Å².